The number of hydrogen-bond donors (Lipinski definition) is 1. The van der Waals surface area contributed by atoms with Gasteiger partial charge in [0.15, 0.2) is 0 Å². The van der Waals surface area contributed by atoms with Gasteiger partial charge in [0, 0.05) is 31.9 Å². The standard InChI is InChI=1S/C22H34FN3O2/c1-22(2,3)28-21(27)26-12-8-17(9-13-26)14-16-6-10-25(11-7-16)20-5-4-18(24)15-19(20)23/h4-5,15-17H,6-14,24H2,1-3H3. The van der Waals surface area contributed by atoms with Crippen LogP contribution >= 0.6 is 0 Å². The molecule has 0 aromatic heterocycles. The summed E-state index contributed by atoms with van der Waals surface area (Å²) in [5.41, 5.74) is 6.34. The maximum Gasteiger partial charge on any atom is 0.410 e. The summed E-state index contributed by atoms with van der Waals surface area (Å²) in [7, 11) is 0. The zero-order chi connectivity index (χ0) is 20.3. The van der Waals surface area contributed by atoms with Gasteiger partial charge < -0.3 is 20.3 Å². The molecule has 2 saturated heterocycles. The van der Waals surface area contributed by atoms with Crippen molar-refractivity contribution in [2.75, 3.05) is 36.8 Å². The van der Waals surface area contributed by atoms with Crippen LogP contribution in [0.2, 0.25) is 0 Å². The van der Waals surface area contributed by atoms with Gasteiger partial charge >= 0.3 is 6.09 Å². The first-order valence-electron chi connectivity index (χ1n) is 10.5. The lowest BCUT2D eigenvalue weighted by molar-refractivity contribution is 0.0174. The number of nitrogens with two attached hydrogens (primary N) is 1. The lowest BCUT2D eigenvalue weighted by atomic mass is 9.83. The van der Waals surface area contributed by atoms with Crippen molar-refractivity contribution in [2.24, 2.45) is 11.8 Å². The summed E-state index contributed by atoms with van der Waals surface area (Å²) >= 11 is 0. The Labute approximate surface area is 168 Å². The van der Waals surface area contributed by atoms with E-state index in [1.54, 1.807) is 12.1 Å². The van der Waals surface area contributed by atoms with Crippen molar-refractivity contribution in [3.05, 3.63) is 24.0 Å². The molecule has 156 valence electrons. The van der Waals surface area contributed by atoms with E-state index in [1.807, 2.05) is 25.7 Å². The van der Waals surface area contributed by atoms with Gasteiger partial charge in [-0.2, -0.15) is 0 Å². The van der Waals surface area contributed by atoms with Crippen LogP contribution in [-0.2, 0) is 4.74 Å². The minimum atomic E-state index is -0.439. The molecule has 0 unspecified atom stereocenters. The highest BCUT2D eigenvalue weighted by Crippen LogP contribution is 2.32. The van der Waals surface area contributed by atoms with Gasteiger partial charge in [0.1, 0.15) is 11.4 Å². The predicted octanol–water partition coefficient (Wildman–Crippen LogP) is 4.66. The molecular weight excluding hydrogens is 357 g/mol. The van der Waals surface area contributed by atoms with Crippen LogP contribution < -0.4 is 10.6 Å². The number of hydrogen-bond acceptors (Lipinski definition) is 4. The molecule has 3 rings (SSSR count). The normalized spacial score (nSPS) is 19.7. The minimum Gasteiger partial charge on any atom is -0.444 e. The van der Waals surface area contributed by atoms with Crippen LogP contribution in [-0.4, -0.2) is 42.8 Å². The van der Waals surface area contributed by atoms with E-state index in [0.29, 0.717) is 23.2 Å². The van der Waals surface area contributed by atoms with Gasteiger partial charge in [-0.25, -0.2) is 9.18 Å². The molecule has 5 nitrogen and oxygen atoms in total. The molecular formula is C22H34FN3O2. The van der Waals surface area contributed by atoms with Crippen LogP contribution in [0.15, 0.2) is 18.2 Å². The molecule has 6 heteroatoms. The third-order valence-electron chi connectivity index (χ3n) is 5.86. The molecule has 2 heterocycles. The molecule has 28 heavy (non-hydrogen) atoms. The fraction of sp³-hybridized carbons (Fsp3) is 0.682. The fourth-order valence-corrected chi connectivity index (χ4v) is 4.34. The van der Waals surface area contributed by atoms with Crippen molar-refractivity contribution < 1.29 is 13.9 Å². The van der Waals surface area contributed by atoms with Crippen LogP contribution in [0.1, 0.15) is 52.9 Å². The highest BCUT2D eigenvalue weighted by molar-refractivity contribution is 5.68. The van der Waals surface area contributed by atoms with E-state index in [1.165, 1.54) is 12.5 Å². The summed E-state index contributed by atoms with van der Waals surface area (Å²) in [5, 5.41) is 0. The van der Waals surface area contributed by atoms with Crippen LogP contribution in [0.5, 0.6) is 0 Å². The highest BCUT2D eigenvalue weighted by atomic mass is 19.1. The molecule has 0 aliphatic carbocycles. The Hall–Kier alpha value is -1.98. The number of ether oxygens (including phenoxy) is 1. The Morgan fingerprint density at radius 3 is 2.21 bits per heavy atom. The number of rotatable bonds is 3. The molecule has 0 saturated carbocycles. The first kappa shape index (κ1) is 20.7. The summed E-state index contributed by atoms with van der Waals surface area (Å²) < 4.78 is 19.6. The van der Waals surface area contributed by atoms with Crippen molar-refractivity contribution in [1.29, 1.82) is 0 Å². The van der Waals surface area contributed by atoms with E-state index in [9.17, 15) is 9.18 Å². The summed E-state index contributed by atoms with van der Waals surface area (Å²) in [6, 6.07) is 4.96. The maximum absolute atomic E-state index is 14.1. The molecule has 0 spiro atoms. The third kappa shape index (κ3) is 5.52. The van der Waals surface area contributed by atoms with Crippen molar-refractivity contribution in [2.45, 2.75) is 58.5 Å². The first-order chi connectivity index (χ1) is 13.2. The van der Waals surface area contributed by atoms with Gasteiger partial charge in [-0.3, -0.25) is 0 Å². The van der Waals surface area contributed by atoms with Crippen LogP contribution in [0.25, 0.3) is 0 Å². The first-order valence-corrected chi connectivity index (χ1v) is 10.5. The molecule has 2 aliphatic heterocycles. The van der Waals surface area contributed by atoms with Gasteiger partial charge in [0.25, 0.3) is 0 Å². The molecule has 0 atom stereocenters. The third-order valence-corrected chi connectivity index (χ3v) is 5.86. The molecule has 0 bridgehead atoms. The molecule has 1 aromatic carbocycles. The molecule has 2 N–H and O–H groups in total. The lowest BCUT2D eigenvalue weighted by Gasteiger charge is -2.37. The second-order valence-electron chi connectivity index (χ2n) is 9.29. The van der Waals surface area contributed by atoms with Gasteiger partial charge in [0.2, 0.25) is 0 Å². The van der Waals surface area contributed by atoms with E-state index >= 15 is 0 Å². The smallest absolute Gasteiger partial charge is 0.410 e. The number of anilines is 2. The summed E-state index contributed by atoms with van der Waals surface area (Å²) in [4.78, 5) is 16.2. The van der Waals surface area contributed by atoms with Gasteiger partial charge in [-0.1, -0.05) is 0 Å². The summed E-state index contributed by atoms with van der Waals surface area (Å²) in [5.74, 6) is 1.13. The SMILES string of the molecule is CC(C)(C)OC(=O)N1CCC(CC2CCN(c3ccc(N)cc3F)CC2)CC1. The Balaban J connectivity index is 1.42. The number of piperidine rings is 2. The fourth-order valence-electron chi connectivity index (χ4n) is 4.34. The topological polar surface area (TPSA) is 58.8 Å². The molecule has 0 radical (unpaired) electrons. The lowest BCUT2D eigenvalue weighted by Crippen LogP contribution is -2.42. The molecule has 1 amide bonds. The second kappa shape index (κ2) is 8.58. The van der Waals surface area contributed by atoms with Crippen molar-refractivity contribution in [3.8, 4) is 0 Å². The number of amides is 1. The van der Waals surface area contributed by atoms with Crippen molar-refractivity contribution in [1.82, 2.24) is 4.90 Å². The van der Waals surface area contributed by atoms with Gasteiger partial charge in [-0.15, -0.1) is 0 Å². The van der Waals surface area contributed by atoms with Gasteiger partial charge in [-0.05, 0) is 82.9 Å². The predicted molar refractivity (Wildman–Crippen MR) is 111 cm³/mol. The Kier molecular flexibility index (Phi) is 6.36. The van der Waals surface area contributed by atoms with E-state index in [4.69, 9.17) is 10.5 Å². The summed E-state index contributed by atoms with van der Waals surface area (Å²) in [6.45, 7) is 9.06. The van der Waals surface area contributed by atoms with Crippen LogP contribution in [0, 0.1) is 17.7 Å². The Bertz CT molecular complexity index is 673. The average molecular weight is 392 g/mol. The zero-order valence-electron chi connectivity index (χ0n) is 17.4. The Morgan fingerprint density at radius 2 is 1.68 bits per heavy atom. The average Bonchev–Trinajstić information content (AvgIpc) is 2.62. The minimum absolute atomic E-state index is 0.190. The van der Waals surface area contributed by atoms with E-state index in [2.05, 4.69) is 4.90 Å². The van der Waals surface area contributed by atoms with E-state index in [0.717, 1.165) is 51.9 Å². The van der Waals surface area contributed by atoms with Crippen LogP contribution in [0.4, 0.5) is 20.6 Å². The van der Waals surface area contributed by atoms with E-state index in [-0.39, 0.29) is 11.9 Å². The van der Waals surface area contributed by atoms with Crippen molar-refractivity contribution in [3.63, 3.8) is 0 Å². The second-order valence-corrected chi connectivity index (χ2v) is 9.29. The number of nitrogen functional groups attached to an aromatic ring is 1. The van der Waals surface area contributed by atoms with Crippen LogP contribution in [0.3, 0.4) is 0 Å². The quantitative estimate of drug-likeness (QED) is 0.761. The number of nitrogens with zero attached hydrogens (tertiary/aromatic N) is 2. The number of carbonyl (C=O) groups is 1. The number of carbonyl (C=O) groups excluding carboxylic acids is 1. The highest BCUT2D eigenvalue weighted by Gasteiger charge is 2.29. The largest absolute Gasteiger partial charge is 0.444 e. The number of benzene rings is 1. The number of likely N-dealkylation sites (tertiary alicyclic amines) is 1. The zero-order valence-corrected chi connectivity index (χ0v) is 17.4. The monoisotopic (exact) mass is 391 g/mol. The van der Waals surface area contributed by atoms with Crippen molar-refractivity contribution >= 4 is 17.5 Å². The van der Waals surface area contributed by atoms with E-state index < -0.39 is 5.60 Å². The maximum atomic E-state index is 14.1. The molecule has 2 aliphatic rings. The Morgan fingerprint density at radius 1 is 1.11 bits per heavy atom. The summed E-state index contributed by atoms with van der Waals surface area (Å²) in [6.07, 6.45) is 5.30. The molecule has 1 aromatic rings. The van der Waals surface area contributed by atoms with Gasteiger partial charge in [0.05, 0.1) is 5.69 Å². The number of halogens is 1. The molecule has 2 fully saturated rings.